The third-order valence-electron chi connectivity index (χ3n) is 9.65. The minimum absolute atomic E-state index is 0.0111. The molecule has 1 aromatic rings. The Kier molecular flexibility index (Phi) is 5.18. The van der Waals surface area contributed by atoms with Crippen molar-refractivity contribution in [3.63, 3.8) is 0 Å². The van der Waals surface area contributed by atoms with Gasteiger partial charge in [0.05, 0.1) is 25.2 Å². The van der Waals surface area contributed by atoms with E-state index in [1.165, 1.54) is 24.9 Å². The molecule has 5 fully saturated rings. The molecule has 0 aromatic heterocycles. The minimum Gasteiger partial charge on any atom is -0.497 e. The largest absolute Gasteiger partial charge is 0.497 e. The minimum atomic E-state index is 0.0111. The number of hydrogen-bond donors (Lipinski definition) is 0. The van der Waals surface area contributed by atoms with Crippen LogP contribution in [0.15, 0.2) is 24.3 Å². The van der Waals surface area contributed by atoms with Crippen molar-refractivity contribution in [2.45, 2.75) is 63.7 Å². The van der Waals surface area contributed by atoms with Gasteiger partial charge < -0.3 is 19.1 Å². The summed E-state index contributed by atoms with van der Waals surface area (Å²) in [5.41, 5.74) is 1.62. The number of esters is 1. The molecule has 0 amide bonds. The van der Waals surface area contributed by atoms with Crippen molar-refractivity contribution in [1.82, 2.24) is 4.90 Å². The van der Waals surface area contributed by atoms with Crippen molar-refractivity contribution in [1.29, 1.82) is 0 Å². The van der Waals surface area contributed by atoms with Gasteiger partial charge in [-0.05, 0) is 74.6 Å². The molecule has 3 heterocycles. The second kappa shape index (κ2) is 7.88. The average molecular weight is 455 g/mol. The number of epoxide rings is 1. The third-order valence-corrected chi connectivity index (χ3v) is 9.65. The summed E-state index contributed by atoms with van der Waals surface area (Å²) < 4.78 is 17.4. The molecule has 33 heavy (non-hydrogen) atoms. The number of hydrogen-bond acceptors (Lipinski definition) is 6. The molecule has 3 aliphatic heterocycles. The highest BCUT2D eigenvalue weighted by Gasteiger charge is 2.65. The Bertz CT molecular complexity index is 900. The molecule has 2 saturated carbocycles. The van der Waals surface area contributed by atoms with E-state index in [1.807, 2.05) is 12.1 Å². The maximum atomic E-state index is 13.0. The highest BCUT2D eigenvalue weighted by molar-refractivity contribution is 5.75. The van der Waals surface area contributed by atoms with Gasteiger partial charge in [-0.15, -0.1) is 0 Å². The first-order chi connectivity index (χ1) is 15.9. The molecule has 1 aromatic carbocycles. The van der Waals surface area contributed by atoms with E-state index in [0.29, 0.717) is 17.9 Å². The Hall–Kier alpha value is -1.79. The van der Waals surface area contributed by atoms with Crippen molar-refractivity contribution < 1.29 is 19.0 Å². The van der Waals surface area contributed by atoms with E-state index in [2.05, 4.69) is 35.8 Å². The van der Waals surface area contributed by atoms with Gasteiger partial charge in [0.1, 0.15) is 11.9 Å². The topological polar surface area (TPSA) is 54.5 Å². The van der Waals surface area contributed by atoms with Gasteiger partial charge >= 0.3 is 5.97 Å². The second-order valence-electron chi connectivity index (χ2n) is 11.6. The quantitative estimate of drug-likeness (QED) is 0.510. The van der Waals surface area contributed by atoms with E-state index in [9.17, 15) is 4.79 Å². The van der Waals surface area contributed by atoms with Crippen LogP contribution in [0.5, 0.6) is 5.75 Å². The maximum Gasteiger partial charge on any atom is 0.310 e. The molecule has 0 unspecified atom stereocenters. The summed E-state index contributed by atoms with van der Waals surface area (Å²) >= 11 is 0. The van der Waals surface area contributed by atoms with Gasteiger partial charge in [-0.25, -0.2) is 0 Å². The number of rotatable bonds is 4. The molecule has 6 nitrogen and oxygen atoms in total. The lowest BCUT2D eigenvalue weighted by Crippen LogP contribution is -2.54. The van der Waals surface area contributed by atoms with Crippen LogP contribution < -0.4 is 9.64 Å². The zero-order valence-corrected chi connectivity index (χ0v) is 20.3. The summed E-state index contributed by atoms with van der Waals surface area (Å²) in [5, 5.41) is 0. The van der Waals surface area contributed by atoms with E-state index in [0.717, 1.165) is 51.4 Å². The van der Waals surface area contributed by atoms with Crippen LogP contribution in [-0.4, -0.2) is 68.5 Å². The number of benzene rings is 1. The molecule has 6 heteroatoms. The second-order valence-corrected chi connectivity index (χ2v) is 11.6. The summed E-state index contributed by atoms with van der Waals surface area (Å²) in [4.78, 5) is 18.0. The third kappa shape index (κ3) is 3.65. The van der Waals surface area contributed by atoms with E-state index in [1.54, 1.807) is 7.11 Å². The van der Waals surface area contributed by atoms with E-state index >= 15 is 0 Å². The first-order valence-electron chi connectivity index (χ1n) is 12.9. The van der Waals surface area contributed by atoms with Crippen molar-refractivity contribution in [2.24, 2.45) is 23.2 Å². The normalized spacial score (nSPS) is 42.6. The van der Waals surface area contributed by atoms with Crippen molar-refractivity contribution in [3.8, 4) is 5.75 Å². The number of ether oxygens (including phenoxy) is 3. The number of carbonyl (C=O) groups is 1. The lowest BCUT2D eigenvalue weighted by Gasteiger charge is -2.51. The zero-order valence-electron chi connectivity index (χ0n) is 20.3. The van der Waals surface area contributed by atoms with Gasteiger partial charge in [0, 0.05) is 43.8 Å². The van der Waals surface area contributed by atoms with E-state index < -0.39 is 0 Å². The Morgan fingerprint density at radius 2 is 1.97 bits per heavy atom. The number of piperazine rings is 1. The van der Waals surface area contributed by atoms with Crippen LogP contribution in [-0.2, 0) is 14.3 Å². The monoisotopic (exact) mass is 454 g/mol. The van der Waals surface area contributed by atoms with Crippen LogP contribution in [0.3, 0.4) is 0 Å². The van der Waals surface area contributed by atoms with Crippen LogP contribution in [0.25, 0.3) is 0 Å². The number of anilines is 1. The predicted molar refractivity (Wildman–Crippen MR) is 126 cm³/mol. The Balaban J connectivity index is 1.12. The summed E-state index contributed by atoms with van der Waals surface area (Å²) in [6.07, 6.45) is 5.93. The van der Waals surface area contributed by atoms with Crippen LogP contribution in [0.1, 0.15) is 46.0 Å². The van der Waals surface area contributed by atoms with Crippen LogP contribution in [0.4, 0.5) is 5.69 Å². The van der Waals surface area contributed by atoms with Crippen LogP contribution in [0, 0.1) is 23.2 Å². The molecule has 180 valence electrons. The van der Waals surface area contributed by atoms with Gasteiger partial charge in [-0.2, -0.15) is 0 Å². The summed E-state index contributed by atoms with van der Waals surface area (Å²) in [7, 11) is 1.70. The van der Waals surface area contributed by atoms with E-state index in [-0.39, 0.29) is 29.0 Å². The SMILES string of the molecule is COc1ccc(N2CCN(C[C@H]3C(=O)O[C@@H]4C[C@@]5(C)CCC[C@@]6(CO6)[C@@H]5C[C@@H]43)C[C@H]2C)cc1. The number of nitrogens with zero attached hydrogens (tertiary/aromatic N) is 2. The van der Waals surface area contributed by atoms with Crippen molar-refractivity contribution >= 4 is 11.7 Å². The highest BCUT2D eigenvalue weighted by atomic mass is 16.6. The Labute approximate surface area is 197 Å². The van der Waals surface area contributed by atoms with Gasteiger partial charge in [0.2, 0.25) is 0 Å². The molecule has 0 radical (unpaired) electrons. The summed E-state index contributed by atoms with van der Waals surface area (Å²) in [6.45, 7) is 9.40. The lowest BCUT2D eigenvalue weighted by molar-refractivity contribution is -0.147. The fourth-order valence-corrected chi connectivity index (χ4v) is 7.80. The van der Waals surface area contributed by atoms with Gasteiger partial charge in [-0.1, -0.05) is 6.92 Å². The lowest BCUT2D eigenvalue weighted by atomic mass is 9.53. The van der Waals surface area contributed by atoms with Gasteiger partial charge in [-0.3, -0.25) is 9.69 Å². The van der Waals surface area contributed by atoms with Crippen LogP contribution >= 0.6 is 0 Å². The fourth-order valence-electron chi connectivity index (χ4n) is 7.80. The number of methoxy groups -OCH3 is 1. The average Bonchev–Trinajstić information content (AvgIpc) is 3.51. The predicted octanol–water partition coefficient (Wildman–Crippen LogP) is 3.73. The molecule has 7 atom stereocenters. The number of fused-ring (bicyclic) bond motifs is 3. The molecule has 3 saturated heterocycles. The first kappa shape index (κ1) is 21.7. The molecule has 6 rings (SSSR count). The van der Waals surface area contributed by atoms with Crippen molar-refractivity contribution in [3.05, 3.63) is 24.3 Å². The number of carbonyl (C=O) groups excluding carboxylic acids is 1. The Morgan fingerprint density at radius 1 is 1.18 bits per heavy atom. The van der Waals surface area contributed by atoms with Crippen LogP contribution in [0.2, 0.25) is 0 Å². The molecule has 5 aliphatic rings. The molecule has 0 bridgehead atoms. The molecule has 1 spiro atoms. The summed E-state index contributed by atoms with van der Waals surface area (Å²) in [5.74, 6) is 1.88. The standard InChI is InChI=1S/C27H38N2O4/c1-18-15-28(11-12-29(18)19-5-7-20(31-3)8-6-19)16-22-21-13-24-26(2,14-23(21)33-25(22)30)9-4-10-27(24)17-32-27/h5-8,18,21-24H,4,9-17H2,1-3H3/t18-,21-,22-,23-,24-,26-,27-/m1/s1. The highest BCUT2D eigenvalue weighted by Crippen LogP contribution is 2.62. The zero-order chi connectivity index (χ0) is 22.8. The molecular formula is C27H38N2O4. The fraction of sp³-hybridized carbons (Fsp3) is 0.741. The van der Waals surface area contributed by atoms with E-state index in [4.69, 9.17) is 14.2 Å². The first-order valence-corrected chi connectivity index (χ1v) is 12.9. The summed E-state index contributed by atoms with van der Waals surface area (Å²) in [6, 6.07) is 8.74. The smallest absolute Gasteiger partial charge is 0.310 e. The Morgan fingerprint density at radius 3 is 2.67 bits per heavy atom. The molecule has 2 aliphatic carbocycles. The van der Waals surface area contributed by atoms with Crippen molar-refractivity contribution in [2.75, 3.05) is 44.8 Å². The van der Waals surface area contributed by atoms with Gasteiger partial charge in [0.25, 0.3) is 0 Å². The van der Waals surface area contributed by atoms with Gasteiger partial charge in [0.15, 0.2) is 0 Å². The molecular weight excluding hydrogens is 416 g/mol. The maximum absolute atomic E-state index is 13.0. The molecule has 0 N–H and O–H groups in total.